The van der Waals surface area contributed by atoms with Gasteiger partial charge in [0.15, 0.2) is 0 Å². The Hall–Kier alpha value is -0.330. The molecule has 0 aromatic heterocycles. The van der Waals surface area contributed by atoms with Gasteiger partial charge in [0.2, 0.25) is 0 Å². The zero-order chi connectivity index (χ0) is 11.5. The number of halogens is 1. The smallest absolute Gasteiger partial charge is 0.128 e. The predicted octanol–water partition coefficient (Wildman–Crippen LogP) is 2.17. The topological polar surface area (TPSA) is 44.5 Å². The minimum Gasteiger partial charge on any atom is -0.488 e. The Morgan fingerprint density at radius 1 is 1.50 bits per heavy atom. The first-order valence-electron chi connectivity index (χ1n) is 5.50. The van der Waals surface area contributed by atoms with E-state index < -0.39 is 0 Å². The van der Waals surface area contributed by atoms with Crippen LogP contribution in [0.5, 0.6) is 5.75 Å². The second-order valence-electron chi connectivity index (χ2n) is 3.93. The summed E-state index contributed by atoms with van der Waals surface area (Å²) in [5.74, 6) is 0.897. The van der Waals surface area contributed by atoms with Crippen LogP contribution in [0.15, 0.2) is 24.3 Å². The first-order chi connectivity index (χ1) is 7.70. The Morgan fingerprint density at radius 3 is 2.94 bits per heavy atom. The standard InChI is InChI=1S/C12H16INO2/c1-2-15-12-10(14)7-11(12)16-9-5-3-4-8(13)6-9/h3-6,10-12H,2,7,14H2,1H3. The van der Waals surface area contributed by atoms with Crippen LogP contribution >= 0.6 is 22.6 Å². The maximum absolute atomic E-state index is 5.88. The van der Waals surface area contributed by atoms with E-state index in [9.17, 15) is 0 Å². The van der Waals surface area contributed by atoms with E-state index in [-0.39, 0.29) is 18.2 Å². The molecular weight excluding hydrogens is 317 g/mol. The highest BCUT2D eigenvalue weighted by atomic mass is 127. The van der Waals surface area contributed by atoms with Crippen molar-refractivity contribution in [3.8, 4) is 5.75 Å². The normalized spacial score (nSPS) is 28.6. The van der Waals surface area contributed by atoms with Gasteiger partial charge in [0.25, 0.3) is 0 Å². The molecule has 0 saturated heterocycles. The van der Waals surface area contributed by atoms with Gasteiger partial charge in [-0.15, -0.1) is 0 Å². The summed E-state index contributed by atoms with van der Waals surface area (Å²) in [6, 6.07) is 8.14. The van der Waals surface area contributed by atoms with Gasteiger partial charge in [-0.05, 0) is 47.7 Å². The quantitative estimate of drug-likeness (QED) is 0.859. The lowest BCUT2D eigenvalue weighted by Crippen LogP contribution is -2.59. The molecule has 1 aromatic rings. The molecule has 3 atom stereocenters. The van der Waals surface area contributed by atoms with E-state index in [1.165, 1.54) is 3.57 Å². The maximum atomic E-state index is 5.88. The molecule has 88 valence electrons. The average molecular weight is 333 g/mol. The molecule has 0 aliphatic heterocycles. The molecule has 0 spiro atoms. The summed E-state index contributed by atoms with van der Waals surface area (Å²) in [7, 11) is 0. The van der Waals surface area contributed by atoms with Gasteiger partial charge in [-0.25, -0.2) is 0 Å². The highest BCUT2D eigenvalue weighted by molar-refractivity contribution is 14.1. The van der Waals surface area contributed by atoms with Crippen LogP contribution in [0.1, 0.15) is 13.3 Å². The Balaban J connectivity index is 1.95. The molecule has 1 aliphatic carbocycles. The molecule has 1 aromatic carbocycles. The molecule has 4 heteroatoms. The summed E-state index contributed by atoms with van der Waals surface area (Å²) in [6.45, 7) is 2.66. The summed E-state index contributed by atoms with van der Waals surface area (Å²) in [6.07, 6.45) is 1.02. The molecule has 3 unspecified atom stereocenters. The molecule has 0 heterocycles. The van der Waals surface area contributed by atoms with Gasteiger partial charge in [-0.1, -0.05) is 6.07 Å². The highest BCUT2D eigenvalue weighted by Crippen LogP contribution is 2.28. The molecule has 0 bridgehead atoms. The lowest BCUT2D eigenvalue weighted by Gasteiger charge is -2.41. The number of ether oxygens (including phenoxy) is 2. The lowest BCUT2D eigenvalue weighted by molar-refractivity contribution is -0.0945. The van der Waals surface area contributed by atoms with Gasteiger partial charge in [0.05, 0.1) is 0 Å². The van der Waals surface area contributed by atoms with Crippen molar-refractivity contribution in [3.63, 3.8) is 0 Å². The van der Waals surface area contributed by atoms with E-state index in [0.717, 1.165) is 12.2 Å². The summed E-state index contributed by atoms with van der Waals surface area (Å²) in [4.78, 5) is 0. The van der Waals surface area contributed by atoms with Crippen molar-refractivity contribution in [1.82, 2.24) is 0 Å². The van der Waals surface area contributed by atoms with Crippen LogP contribution < -0.4 is 10.5 Å². The number of rotatable bonds is 4. The number of hydrogen-bond donors (Lipinski definition) is 1. The molecule has 1 aliphatic rings. The van der Waals surface area contributed by atoms with Crippen LogP contribution in [-0.4, -0.2) is 24.9 Å². The van der Waals surface area contributed by atoms with Crippen molar-refractivity contribution in [1.29, 1.82) is 0 Å². The third-order valence-electron chi connectivity index (χ3n) is 2.74. The zero-order valence-corrected chi connectivity index (χ0v) is 11.4. The van der Waals surface area contributed by atoms with Crippen molar-refractivity contribution in [2.75, 3.05) is 6.61 Å². The van der Waals surface area contributed by atoms with Crippen LogP contribution in [0.25, 0.3) is 0 Å². The number of nitrogens with two attached hydrogens (primary N) is 1. The molecule has 0 radical (unpaired) electrons. The fraction of sp³-hybridized carbons (Fsp3) is 0.500. The van der Waals surface area contributed by atoms with E-state index in [0.29, 0.717) is 6.61 Å². The second-order valence-corrected chi connectivity index (χ2v) is 5.18. The minimum atomic E-state index is 0.0443. The predicted molar refractivity (Wildman–Crippen MR) is 71.6 cm³/mol. The molecule has 16 heavy (non-hydrogen) atoms. The first-order valence-corrected chi connectivity index (χ1v) is 6.58. The van der Waals surface area contributed by atoms with Crippen LogP contribution in [-0.2, 0) is 4.74 Å². The molecule has 2 rings (SSSR count). The van der Waals surface area contributed by atoms with Gasteiger partial charge in [-0.2, -0.15) is 0 Å². The molecule has 1 saturated carbocycles. The van der Waals surface area contributed by atoms with Crippen molar-refractivity contribution < 1.29 is 9.47 Å². The maximum Gasteiger partial charge on any atom is 0.128 e. The van der Waals surface area contributed by atoms with Gasteiger partial charge in [-0.3, -0.25) is 0 Å². The fourth-order valence-electron chi connectivity index (χ4n) is 1.87. The van der Waals surface area contributed by atoms with Gasteiger partial charge in [0, 0.05) is 22.6 Å². The van der Waals surface area contributed by atoms with E-state index >= 15 is 0 Å². The van der Waals surface area contributed by atoms with Crippen molar-refractivity contribution in [2.24, 2.45) is 5.73 Å². The molecule has 0 amide bonds. The Morgan fingerprint density at radius 2 is 2.31 bits per heavy atom. The second kappa shape index (κ2) is 5.33. The van der Waals surface area contributed by atoms with Crippen molar-refractivity contribution in [2.45, 2.75) is 31.6 Å². The third-order valence-corrected chi connectivity index (χ3v) is 3.41. The monoisotopic (exact) mass is 333 g/mol. The molecule has 3 nitrogen and oxygen atoms in total. The lowest BCUT2D eigenvalue weighted by atomic mass is 9.86. The highest BCUT2D eigenvalue weighted by Gasteiger charge is 2.41. The molecule has 2 N–H and O–H groups in total. The van der Waals surface area contributed by atoms with Crippen molar-refractivity contribution in [3.05, 3.63) is 27.8 Å². The van der Waals surface area contributed by atoms with E-state index in [4.69, 9.17) is 15.2 Å². The van der Waals surface area contributed by atoms with Gasteiger partial charge < -0.3 is 15.2 Å². The Kier molecular flexibility index (Phi) is 4.05. The van der Waals surface area contributed by atoms with Crippen LogP contribution in [0.4, 0.5) is 0 Å². The molecular formula is C12H16INO2. The summed E-state index contributed by atoms with van der Waals surface area (Å²) < 4.78 is 12.6. The van der Waals surface area contributed by atoms with Crippen LogP contribution in [0, 0.1) is 3.57 Å². The average Bonchev–Trinajstić information content (AvgIpc) is 2.26. The van der Waals surface area contributed by atoms with Crippen LogP contribution in [0.3, 0.4) is 0 Å². The van der Waals surface area contributed by atoms with E-state index in [2.05, 4.69) is 22.6 Å². The number of hydrogen-bond acceptors (Lipinski definition) is 3. The van der Waals surface area contributed by atoms with Crippen LogP contribution in [0.2, 0.25) is 0 Å². The minimum absolute atomic E-state index is 0.0443. The van der Waals surface area contributed by atoms with Gasteiger partial charge in [0.1, 0.15) is 18.0 Å². The Bertz CT molecular complexity index is 359. The summed E-state index contributed by atoms with van der Waals surface area (Å²) in [5, 5.41) is 0. The third kappa shape index (κ3) is 2.67. The number of benzene rings is 1. The fourth-order valence-corrected chi connectivity index (χ4v) is 2.38. The summed E-state index contributed by atoms with van der Waals surface area (Å²) >= 11 is 2.27. The van der Waals surface area contributed by atoms with E-state index in [1.807, 2.05) is 31.2 Å². The molecule has 1 fully saturated rings. The zero-order valence-electron chi connectivity index (χ0n) is 9.23. The van der Waals surface area contributed by atoms with Crippen molar-refractivity contribution >= 4 is 22.6 Å². The largest absolute Gasteiger partial charge is 0.488 e. The van der Waals surface area contributed by atoms with E-state index in [1.54, 1.807) is 0 Å². The first kappa shape index (κ1) is 12.1. The summed E-state index contributed by atoms with van der Waals surface area (Å²) in [5.41, 5.74) is 5.88. The van der Waals surface area contributed by atoms with Gasteiger partial charge >= 0.3 is 0 Å². The Labute approximate surface area is 109 Å². The SMILES string of the molecule is CCOC1C(N)CC1Oc1cccc(I)c1.